The molecule has 0 aliphatic carbocycles. The number of hydrogen-bond acceptors (Lipinski definition) is 4. The van der Waals surface area contributed by atoms with E-state index in [4.69, 9.17) is 5.73 Å². The van der Waals surface area contributed by atoms with Crippen LogP contribution < -0.4 is 5.73 Å². The minimum atomic E-state index is -0.421. The first-order valence-corrected chi connectivity index (χ1v) is 3.69. The van der Waals surface area contributed by atoms with E-state index in [9.17, 15) is 9.59 Å². The standard InChI is InChI=1S/C5H9NO2S/c6-5(3-8)4-9-2-1-7/h1,3,5H,2,4,6H2. The Morgan fingerprint density at radius 3 is 2.67 bits per heavy atom. The largest absolute Gasteiger partial charge is 0.321 e. The summed E-state index contributed by atoms with van der Waals surface area (Å²) in [5.41, 5.74) is 5.21. The molecule has 0 saturated heterocycles. The highest BCUT2D eigenvalue weighted by atomic mass is 32.2. The van der Waals surface area contributed by atoms with E-state index in [1.807, 2.05) is 0 Å². The van der Waals surface area contributed by atoms with Gasteiger partial charge in [0.15, 0.2) is 0 Å². The number of carbonyl (C=O) groups is 2. The Kier molecular flexibility index (Phi) is 5.56. The molecule has 0 aliphatic rings. The molecule has 0 aromatic rings. The van der Waals surface area contributed by atoms with Crippen LogP contribution in [0.5, 0.6) is 0 Å². The van der Waals surface area contributed by atoms with Gasteiger partial charge in [0.25, 0.3) is 0 Å². The molecule has 4 heteroatoms. The minimum absolute atomic E-state index is 0.418. The average molecular weight is 147 g/mol. The van der Waals surface area contributed by atoms with E-state index < -0.39 is 6.04 Å². The van der Waals surface area contributed by atoms with Crippen LogP contribution in [0.4, 0.5) is 0 Å². The lowest BCUT2D eigenvalue weighted by Gasteiger charge is -1.98. The third-order valence-corrected chi connectivity index (χ3v) is 1.66. The molecular formula is C5H9NO2S. The van der Waals surface area contributed by atoms with E-state index in [0.717, 1.165) is 6.29 Å². The Balaban J connectivity index is 3.05. The van der Waals surface area contributed by atoms with Crippen molar-refractivity contribution in [3.63, 3.8) is 0 Å². The van der Waals surface area contributed by atoms with Gasteiger partial charge in [-0.05, 0) is 0 Å². The van der Waals surface area contributed by atoms with Gasteiger partial charge >= 0.3 is 0 Å². The summed E-state index contributed by atoms with van der Waals surface area (Å²) in [6, 6.07) is -0.421. The molecule has 0 aliphatic heterocycles. The lowest BCUT2D eigenvalue weighted by molar-refractivity contribution is -0.108. The molecule has 0 aromatic heterocycles. The van der Waals surface area contributed by atoms with Gasteiger partial charge in [0.05, 0.1) is 6.04 Å². The topological polar surface area (TPSA) is 60.2 Å². The van der Waals surface area contributed by atoms with Crippen molar-refractivity contribution in [2.45, 2.75) is 6.04 Å². The summed E-state index contributed by atoms with van der Waals surface area (Å²) in [5, 5.41) is 0. The predicted molar refractivity (Wildman–Crippen MR) is 37.4 cm³/mol. The van der Waals surface area contributed by atoms with Crippen molar-refractivity contribution in [3.05, 3.63) is 0 Å². The van der Waals surface area contributed by atoms with Crippen LogP contribution in [0.3, 0.4) is 0 Å². The quantitative estimate of drug-likeness (QED) is 0.418. The molecule has 3 nitrogen and oxygen atoms in total. The Hall–Kier alpha value is -0.350. The second-order valence-electron chi connectivity index (χ2n) is 1.50. The smallest absolute Gasteiger partial charge is 0.137 e. The van der Waals surface area contributed by atoms with Gasteiger partial charge in [-0.1, -0.05) is 0 Å². The summed E-state index contributed by atoms with van der Waals surface area (Å²) in [4.78, 5) is 19.6. The number of carbonyl (C=O) groups excluding carboxylic acids is 2. The number of hydrogen-bond donors (Lipinski definition) is 1. The first kappa shape index (κ1) is 8.65. The van der Waals surface area contributed by atoms with Gasteiger partial charge in [0, 0.05) is 11.5 Å². The van der Waals surface area contributed by atoms with Crippen LogP contribution in [0.2, 0.25) is 0 Å². The van der Waals surface area contributed by atoms with Crippen molar-refractivity contribution in [2.24, 2.45) is 5.73 Å². The van der Waals surface area contributed by atoms with Crippen molar-refractivity contribution >= 4 is 24.3 Å². The minimum Gasteiger partial charge on any atom is -0.321 e. The van der Waals surface area contributed by atoms with Crippen molar-refractivity contribution in [1.29, 1.82) is 0 Å². The van der Waals surface area contributed by atoms with Gasteiger partial charge < -0.3 is 15.3 Å². The van der Waals surface area contributed by atoms with Crippen molar-refractivity contribution in [3.8, 4) is 0 Å². The fraction of sp³-hybridized carbons (Fsp3) is 0.600. The fourth-order valence-corrected chi connectivity index (χ4v) is 0.875. The summed E-state index contributed by atoms with van der Waals surface area (Å²) in [6.45, 7) is 0. The van der Waals surface area contributed by atoms with Gasteiger partial charge in [-0.3, -0.25) is 0 Å². The van der Waals surface area contributed by atoms with Crippen LogP contribution in [-0.4, -0.2) is 30.1 Å². The summed E-state index contributed by atoms with van der Waals surface area (Å²) in [5.74, 6) is 0.948. The van der Waals surface area contributed by atoms with Gasteiger partial charge in [0.1, 0.15) is 12.6 Å². The molecule has 0 aromatic carbocycles. The number of aldehydes is 2. The van der Waals surface area contributed by atoms with Gasteiger partial charge in [-0.15, -0.1) is 0 Å². The summed E-state index contributed by atoms with van der Waals surface area (Å²) >= 11 is 1.36. The molecule has 52 valence electrons. The zero-order chi connectivity index (χ0) is 7.11. The molecule has 0 heterocycles. The zero-order valence-electron chi connectivity index (χ0n) is 4.95. The zero-order valence-corrected chi connectivity index (χ0v) is 5.76. The van der Waals surface area contributed by atoms with E-state index >= 15 is 0 Å². The highest BCUT2D eigenvalue weighted by molar-refractivity contribution is 7.99. The van der Waals surface area contributed by atoms with Crippen molar-refractivity contribution in [1.82, 2.24) is 0 Å². The summed E-state index contributed by atoms with van der Waals surface area (Å²) in [6.07, 6.45) is 1.47. The van der Waals surface area contributed by atoms with Gasteiger partial charge in [0.2, 0.25) is 0 Å². The van der Waals surface area contributed by atoms with Crippen LogP contribution in [0.15, 0.2) is 0 Å². The lowest BCUT2D eigenvalue weighted by atomic mass is 10.4. The molecule has 0 rings (SSSR count). The molecule has 0 fully saturated rings. The third kappa shape index (κ3) is 5.52. The van der Waals surface area contributed by atoms with E-state index in [0.29, 0.717) is 17.8 Å². The molecule has 0 saturated carbocycles. The molecule has 1 unspecified atom stereocenters. The maximum absolute atomic E-state index is 9.87. The average Bonchev–Trinajstić information content (AvgIpc) is 1.89. The highest BCUT2D eigenvalue weighted by Gasteiger charge is 1.97. The molecular weight excluding hydrogens is 138 g/mol. The first-order valence-electron chi connectivity index (χ1n) is 2.53. The highest BCUT2D eigenvalue weighted by Crippen LogP contribution is 1.96. The molecule has 9 heavy (non-hydrogen) atoms. The summed E-state index contributed by atoms with van der Waals surface area (Å²) in [7, 11) is 0. The maximum atomic E-state index is 9.87. The van der Waals surface area contributed by atoms with E-state index in [1.165, 1.54) is 11.8 Å². The van der Waals surface area contributed by atoms with E-state index in [2.05, 4.69) is 0 Å². The summed E-state index contributed by atoms with van der Waals surface area (Å²) < 4.78 is 0. The molecule has 0 radical (unpaired) electrons. The SMILES string of the molecule is NC(C=O)CSCC=O. The predicted octanol–water partition coefficient (Wildman–Crippen LogP) is -0.555. The van der Waals surface area contributed by atoms with E-state index in [-0.39, 0.29) is 0 Å². The van der Waals surface area contributed by atoms with Gasteiger partial charge in [-0.2, -0.15) is 11.8 Å². The van der Waals surface area contributed by atoms with E-state index in [1.54, 1.807) is 0 Å². The van der Waals surface area contributed by atoms with Crippen LogP contribution in [0, 0.1) is 0 Å². The second-order valence-corrected chi connectivity index (χ2v) is 2.58. The Labute approximate surface area is 58.0 Å². The van der Waals surface area contributed by atoms with Crippen LogP contribution >= 0.6 is 11.8 Å². The lowest BCUT2D eigenvalue weighted by Crippen LogP contribution is -2.24. The second kappa shape index (κ2) is 5.78. The molecule has 1 atom stereocenters. The number of nitrogens with two attached hydrogens (primary N) is 1. The van der Waals surface area contributed by atoms with Crippen LogP contribution in [0.25, 0.3) is 0 Å². The monoisotopic (exact) mass is 147 g/mol. The molecule has 2 N–H and O–H groups in total. The Morgan fingerprint density at radius 1 is 1.56 bits per heavy atom. The van der Waals surface area contributed by atoms with Crippen molar-refractivity contribution < 1.29 is 9.59 Å². The Morgan fingerprint density at radius 2 is 2.22 bits per heavy atom. The number of rotatable bonds is 5. The van der Waals surface area contributed by atoms with Crippen molar-refractivity contribution in [2.75, 3.05) is 11.5 Å². The third-order valence-electron chi connectivity index (χ3n) is 0.671. The molecule has 0 bridgehead atoms. The first-order chi connectivity index (χ1) is 4.31. The fourth-order valence-electron chi connectivity index (χ4n) is 0.292. The molecule has 0 spiro atoms. The normalized spacial score (nSPS) is 12.6. The van der Waals surface area contributed by atoms with Gasteiger partial charge in [-0.25, -0.2) is 0 Å². The number of thioether (sulfide) groups is 1. The Bertz CT molecular complexity index is 97.0. The van der Waals surface area contributed by atoms with Crippen LogP contribution in [-0.2, 0) is 9.59 Å². The van der Waals surface area contributed by atoms with Crippen LogP contribution in [0.1, 0.15) is 0 Å². The molecule has 0 amide bonds. The maximum Gasteiger partial charge on any atom is 0.137 e.